The number of aromatic nitrogens is 2. The predicted octanol–water partition coefficient (Wildman–Crippen LogP) is 2.39. The van der Waals surface area contributed by atoms with Gasteiger partial charge in [0.05, 0.1) is 12.4 Å². The molecule has 1 fully saturated rings. The second kappa shape index (κ2) is 4.61. The molecule has 5 heteroatoms. The number of halogens is 1. The number of piperidine rings is 1. The average molecular weight is 254 g/mol. The molecule has 2 heterocycles. The Balaban J connectivity index is 2.12. The molecule has 0 atom stereocenters. The predicted molar refractivity (Wildman–Crippen MR) is 66.0 cm³/mol. The van der Waals surface area contributed by atoms with Gasteiger partial charge in [-0.3, -0.25) is 4.79 Å². The summed E-state index contributed by atoms with van der Waals surface area (Å²) in [6, 6.07) is 0. The van der Waals surface area contributed by atoms with E-state index in [2.05, 4.69) is 23.8 Å². The SMILES string of the molecule is CC1(C)CCCN(C(=O)c2cnc(Cl)cn2)C1. The lowest BCUT2D eigenvalue weighted by Gasteiger charge is -2.37. The summed E-state index contributed by atoms with van der Waals surface area (Å²) in [5.41, 5.74) is 0.556. The second-order valence-corrected chi connectivity index (χ2v) is 5.61. The van der Waals surface area contributed by atoms with Crippen LogP contribution in [0.15, 0.2) is 12.4 Å². The average Bonchev–Trinajstić information content (AvgIpc) is 2.28. The van der Waals surface area contributed by atoms with E-state index in [4.69, 9.17) is 11.6 Å². The lowest BCUT2D eigenvalue weighted by Crippen LogP contribution is -2.43. The molecule has 0 saturated carbocycles. The van der Waals surface area contributed by atoms with Gasteiger partial charge in [-0.25, -0.2) is 9.97 Å². The zero-order valence-corrected chi connectivity index (χ0v) is 10.9. The van der Waals surface area contributed by atoms with Gasteiger partial charge in [-0.05, 0) is 18.3 Å². The van der Waals surface area contributed by atoms with Crippen LogP contribution < -0.4 is 0 Å². The molecule has 0 bridgehead atoms. The number of likely N-dealkylation sites (tertiary alicyclic amines) is 1. The Morgan fingerprint density at radius 1 is 1.41 bits per heavy atom. The minimum atomic E-state index is -0.0538. The van der Waals surface area contributed by atoms with Gasteiger partial charge >= 0.3 is 0 Å². The maximum absolute atomic E-state index is 12.2. The third-order valence-corrected chi connectivity index (χ3v) is 3.22. The van der Waals surface area contributed by atoms with Crippen LogP contribution in [0.25, 0.3) is 0 Å². The first-order valence-electron chi connectivity index (χ1n) is 5.75. The standard InChI is InChI=1S/C12H16ClN3O/c1-12(2)4-3-5-16(8-12)11(17)9-6-15-10(13)7-14-9/h6-7H,3-5,8H2,1-2H3. The maximum Gasteiger partial charge on any atom is 0.274 e. The second-order valence-electron chi connectivity index (χ2n) is 5.22. The van der Waals surface area contributed by atoms with E-state index in [1.165, 1.54) is 12.4 Å². The number of hydrogen-bond acceptors (Lipinski definition) is 3. The largest absolute Gasteiger partial charge is 0.337 e. The molecule has 1 amide bonds. The van der Waals surface area contributed by atoms with Gasteiger partial charge < -0.3 is 4.90 Å². The van der Waals surface area contributed by atoms with Gasteiger partial charge in [-0.1, -0.05) is 25.4 Å². The summed E-state index contributed by atoms with van der Waals surface area (Å²) < 4.78 is 0. The van der Waals surface area contributed by atoms with Crippen molar-refractivity contribution in [2.75, 3.05) is 13.1 Å². The zero-order chi connectivity index (χ0) is 12.5. The van der Waals surface area contributed by atoms with Crippen molar-refractivity contribution in [2.24, 2.45) is 5.41 Å². The number of amides is 1. The lowest BCUT2D eigenvalue weighted by molar-refractivity contribution is 0.0577. The molecule has 0 radical (unpaired) electrons. The fourth-order valence-corrected chi connectivity index (χ4v) is 2.28. The van der Waals surface area contributed by atoms with Crippen molar-refractivity contribution in [3.05, 3.63) is 23.2 Å². The lowest BCUT2D eigenvalue weighted by atomic mass is 9.84. The monoisotopic (exact) mass is 253 g/mol. The van der Waals surface area contributed by atoms with Crippen molar-refractivity contribution >= 4 is 17.5 Å². The Kier molecular flexibility index (Phi) is 3.33. The molecule has 4 nitrogen and oxygen atoms in total. The summed E-state index contributed by atoms with van der Waals surface area (Å²) in [5.74, 6) is -0.0538. The number of hydrogen-bond donors (Lipinski definition) is 0. The van der Waals surface area contributed by atoms with Crippen LogP contribution in [-0.2, 0) is 0 Å². The van der Waals surface area contributed by atoms with Crippen LogP contribution in [0.3, 0.4) is 0 Å². The van der Waals surface area contributed by atoms with Crippen LogP contribution in [0.1, 0.15) is 37.2 Å². The highest BCUT2D eigenvalue weighted by Crippen LogP contribution is 2.28. The van der Waals surface area contributed by atoms with Crippen molar-refractivity contribution in [1.82, 2.24) is 14.9 Å². The van der Waals surface area contributed by atoms with E-state index in [1.54, 1.807) is 0 Å². The molecule has 0 unspecified atom stereocenters. The Labute approximate surface area is 106 Å². The number of nitrogens with zero attached hydrogens (tertiary/aromatic N) is 3. The molecule has 1 aromatic heterocycles. The van der Waals surface area contributed by atoms with Gasteiger partial charge in [-0.15, -0.1) is 0 Å². The highest BCUT2D eigenvalue weighted by Gasteiger charge is 2.30. The smallest absolute Gasteiger partial charge is 0.274 e. The molecule has 17 heavy (non-hydrogen) atoms. The van der Waals surface area contributed by atoms with Crippen LogP contribution in [0.4, 0.5) is 0 Å². The summed E-state index contributed by atoms with van der Waals surface area (Å²) in [6.07, 6.45) is 5.04. The first-order valence-corrected chi connectivity index (χ1v) is 6.13. The molecular weight excluding hydrogens is 238 g/mol. The molecule has 1 aliphatic heterocycles. The number of carbonyl (C=O) groups is 1. The molecule has 92 valence electrons. The summed E-state index contributed by atoms with van der Waals surface area (Å²) in [4.78, 5) is 21.9. The van der Waals surface area contributed by atoms with Crippen LogP contribution in [0.5, 0.6) is 0 Å². The van der Waals surface area contributed by atoms with E-state index in [9.17, 15) is 4.79 Å². The quantitative estimate of drug-likeness (QED) is 0.772. The van der Waals surface area contributed by atoms with Gasteiger partial charge in [0.15, 0.2) is 0 Å². The van der Waals surface area contributed by atoms with Crippen LogP contribution in [0.2, 0.25) is 5.15 Å². The Hall–Kier alpha value is -1.16. The summed E-state index contributed by atoms with van der Waals surface area (Å²) in [5, 5.41) is 0.306. The van der Waals surface area contributed by atoms with Gasteiger partial charge in [0.1, 0.15) is 10.8 Å². The van der Waals surface area contributed by atoms with Crippen molar-refractivity contribution in [2.45, 2.75) is 26.7 Å². The van der Waals surface area contributed by atoms with Crippen LogP contribution in [0, 0.1) is 5.41 Å². The minimum absolute atomic E-state index is 0.0538. The number of carbonyl (C=O) groups excluding carboxylic acids is 1. The molecule has 0 aliphatic carbocycles. The van der Waals surface area contributed by atoms with Gasteiger partial charge in [-0.2, -0.15) is 0 Å². The topological polar surface area (TPSA) is 46.1 Å². The maximum atomic E-state index is 12.2. The highest BCUT2D eigenvalue weighted by molar-refractivity contribution is 6.29. The molecular formula is C12H16ClN3O. The first kappa shape index (κ1) is 12.3. The van der Waals surface area contributed by atoms with Crippen molar-refractivity contribution in [3.63, 3.8) is 0 Å². The molecule has 1 saturated heterocycles. The fourth-order valence-electron chi connectivity index (χ4n) is 2.18. The third-order valence-electron chi connectivity index (χ3n) is 3.03. The molecule has 1 aliphatic rings. The van der Waals surface area contributed by atoms with Gasteiger partial charge in [0.25, 0.3) is 5.91 Å². The molecule has 2 rings (SSSR count). The van der Waals surface area contributed by atoms with Gasteiger partial charge in [0, 0.05) is 13.1 Å². The van der Waals surface area contributed by atoms with Crippen molar-refractivity contribution in [3.8, 4) is 0 Å². The van der Waals surface area contributed by atoms with E-state index in [-0.39, 0.29) is 11.3 Å². The van der Waals surface area contributed by atoms with E-state index in [0.717, 1.165) is 25.9 Å². The Bertz CT molecular complexity index is 416. The Morgan fingerprint density at radius 2 is 2.18 bits per heavy atom. The normalized spacial score (nSPS) is 19.1. The van der Waals surface area contributed by atoms with E-state index < -0.39 is 0 Å². The highest BCUT2D eigenvalue weighted by atomic mass is 35.5. The molecule has 0 N–H and O–H groups in total. The fraction of sp³-hybridized carbons (Fsp3) is 0.583. The van der Waals surface area contributed by atoms with E-state index in [1.807, 2.05) is 4.90 Å². The van der Waals surface area contributed by atoms with Crippen LogP contribution >= 0.6 is 11.6 Å². The zero-order valence-electron chi connectivity index (χ0n) is 10.1. The minimum Gasteiger partial charge on any atom is -0.337 e. The number of rotatable bonds is 1. The van der Waals surface area contributed by atoms with Crippen LogP contribution in [-0.4, -0.2) is 33.9 Å². The summed E-state index contributed by atoms with van der Waals surface area (Å²) in [7, 11) is 0. The molecule has 1 aromatic rings. The van der Waals surface area contributed by atoms with Crippen molar-refractivity contribution in [1.29, 1.82) is 0 Å². The first-order chi connectivity index (χ1) is 7.98. The van der Waals surface area contributed by atoms with Gasteiger partial charge in [0.2, 0.25) is 0 Å². The molecule has 0 aromatic carbocycles. The van der Waals surface area contributed by atoms with E-state index in [0.29, 0.717) is 10.8 Å². The third kappa shape index (κ3) is 2.94. The summed E-state index contributed by atoms with van der Waals surface area (Å²) >= 11 is 5.65. The summed E-state index contributed by atoms with van der Waals surface area (Å²) in [6.45, 7) is 5.93. The molecule has 0 spiro atoms. The van der Waals surface area contributed by atoms with Crippen molar-refractivity contribution < 1.29 is 4.79 Å². The van der Waals surface area contributed by atoms with E-state index >= 15 is 0 Å². The Morgan fingerprint density at radius 3 is 2.76 bits per heavy atom.